The van der Waals surface area contributed by atoms with Gasteiger partial charge in [-0.25, -0.2) is 0 Å². The first-order valence-electron chi connectivity index (χ1n) is 10.7. The Bertz CT molecular complexity index is 544. The first-order chi connectivity index (χ1) is 13.1. The zero-order valence-electron chi connectivity index (χ0n) is 18.3. The van der Waals surface area contributed by atoms with Crippen LogP contribution in [0.5, 0.6) is 0 Å². The minimum Gasteiger partial charge on any atom is -0.379 e. The number of ether oxygens (including phenoxy) is 2. The first-order valence-corrected chi connectivity index (χ1v) is 10.7. The van der Waals surface area contributed by atoms with Crippen LogP contribution in [0.4, 0.5) is 0 Å². The average Bonchev–Trinajstić information content (AvgIpc) is 2.66. The number of amides is 2. The van der Waals surface area contributed by atoms with Gasteiger partial charge < -0.3 is 25.4 Å². The van der Waals surface area contributed by atoms with Crippen molar-refractivity contribution in [3.8, 4) is 0 Å². The molecule has 0 spiro atoms. The third-order valence-corrected chi connectivity index (χ3v) is 6.44. The Kier molecular flexibility index (Phi) is 7.88. The third kappa shape index (κ3) is 4.86. The van der Waals surface area contributed by atoms with Crippen LogP contribution in [0.3, 0.4) is 0 Å². The lowest BCUT2D eigenvalue weighted by Gasteiger charge is -2.59. The SMILES string of the molecule is CCOC1CC(N)(C(=O)N2CCC(C(=O)NCCCOC(C)C)CC2)C1(C)C. The predicted molar refractivity (Wildman–Crippen MR) is 109 cm³/mol. The van der Waals surface area contributed by atoms with Crippen molar-refractivity contribution in [3.63, 3.8) is 0 Å². The maximum absolute atomic E-state index is 13.1. The summed E-state index contributed by atoms with van der Waals surface area (Å²) < 4.78 is 11.2. The van der Waals surface area contributed by atoms with Gasteiger partial charge in [-0.3, -0.25) is 9.59 Å². The van der Waals surface area contributed by atoms with Crippen LogP contribution < -0.4 is 11.1 Å². The Morgan fingerprint density at radius 2 is 1.89 bits per heavy atom. The molecular weight excluding hydrogens is 358 g/mol. The van der Waals surface area contributed by atoms with Gasteiger partial charge in [-0.2, -0.15) is 0 Å². The van der Waals surface area contributed by atoms with E-state index in [0.29, 0.717) is 52.1 Å². The van der Waals surface area contributed by atoms with Gasteiger partial charge in [0.2, 0.25) is 11.8 Å². The standard InChI is InChI=1S/C21H39N3O4/c1-6-27-17-14-21(22,20(17,4)5)19(26)24-11-8-16(9-12-24)18(25)23-10-7-13-28-15(2)3/h15-17H,6-14,22H2,1-5H3,(H,23,25). The van der Waals surface area contributed by atoms with Crippen LogP contribution >= 0.6 is 0 Å². The molecule has 2 atom stereocenters. The summed E-state index contributed by atoms with van der Waals surface area (Å²) in [4.78, 5) is 27.3. The topological polar surface area (TPSA) is 93.9 Å². The lowest BCUT2D eigenvalue weighted by atomic mass is 9.54. The van der Waals surface area contributed by atoms with Crippen LogP contribution in [-0.2, 0) is 19.1 Å². The Labute approximate surface area is 169 Å². The summed E-state index contributed by atoms with van der Waals surface area (Å²) in [7, 11) is 0. The second-order valence-electron chi connectivity index (χ2n) is 8.97. The maximum Gasteiger partial charge on any atom is 0.243 e. The van der Waals surface area contributed by atoms with Crippen LogP contribution in [0.25, 0.3) is 0 Å². The van der Waals surface area contributed by atoms with Crippen LogP contribution in [-0.4, -0.2) is 67.3 Å². The maximum atomic E-state index is 13.1. The number of piperidine rings is 1. The molecule has 2 unspecified atom stereocenters. The van der Waals surface area contributed by atoms with Crippen molar-refractivity contribution < 1.29 is 19.1 Å². The molecule has 1 aliphatic carbocycles. The molecule has 162 valence electrons. The first kappa shape index (κ1) is 23.1. The Balaban J connectivity index is 1.76. The van der Waals surface area contributed by atoms with E-state index >= 15 is 0 Å². The largest absolute Gasteiger partial charge is 0.379 e. The number of likely N-dealkylation sites (tertiary alicyclic amines) is 1. The van der Waals surface area contributed by atoms with E-state index in [1.54, 1.807) is 0 Å². The van der Waals surface area contributed by atoms with E-state index in [2.05, 4.69) is 5.32 Å². The summed E-state index contributed by atoms with van der Waals surface area (Å²) in [6.45, 7) is 13.1. The number of carbonyl (C=O) groups excluding carboxylic acids is 2. The number of hydrogen-bond donors (Lipinski definition) is 2. The van der Waals surface area contributed by atoms with Crippen molar-refractivity contribution in [1.29, 1.82) is 0 Å². The van der Waals surface area contributed by atoms with E-state index in [9.17, 15) is 9.59 Å². The van der Waals surface area contributed by atoms with Crippen molar-refractivity contribution in [2.24, 2.45) is 17.1 Å². The Morgan fingerprint density at radius 3 is 2.43 bits per heavy atom. The Morgan fingerprint density at radius 1 is 1.25 bits per heavy atom. The molecule has 0 bridgehead atoms. The molecule has 0 aromatic heterocycles. The van der Waals surface area contributed by atoms with Crippen molar-refractivity contribution in [1.82, 2.24) is 10.2 Å². The third-order valence-electron chi connectivity index (χ3n) is 6.44. The number of nitrogens with zero attached hydrogens (tertiary/aromatic N) is 1. The lowest BCUT2D eigenvalue weighted by molar-refractivity contribution is -0.180. The molecule has 2 rings (SSSR count). The summed E-state index contributed by atoms with van der Waals surface area (Å²) in [5, 5.41) is 2.99. The van der Waals surface area contributed by atoms with Gasteiger partial charge in [-0.1, -0.05) is 13.8 Å². The van der Waals surface area contributed by atoms with Crippen molar-refractivity contribution in [2.45, 2.75) is 78.0 Å². The van der Waals surface area contributed by atoms with E-state index in [0.717, 1.165) is 6.42 Å². The van der Waals surface area contributed by atoms with E-state index in [1.165, 1.54) is 0 Å². The molecule has 0 aromatic carbocycles. The highest BCUT2D eigenvalue weighted by molar-refractivity contribution is 5.89. The van der Waals surface area contributed by atoms with Crippen molar-refractivity contribution in [2.75, 3.05) is 32.8 Å². The molecule has 7 nitrogen and oxygen atoms in total. The number of nitrogens with two attached hydrogens (primary N) is 1. The van der Waals surface area contributed by atoms with E-state index in [-0.39, 0.29) is 35.4 Å². The summed E-state index contributed by atoms with van der Waals surface area (Å²) in [6.07, 6.45) is 2.98. The second kappa shape index (κ2) is 9.55. The molecular formula is C21H39N3O4. The van der Waals surface area contributed by atoms with E-state index in [1.807, 2.05) is 39.5 Å². The Hall–Kier alpha value is -1.18. The molecule has 28 heavy (non-hydrogen) atoms. The molecule has 2 aliphatic rings. The summed E-state index contributed by atoms with van der Waals surface area (Å²) >= 11 is 0. The highest BCUT2D eigenvalue weighted by Crippen LogP contribution is 2.50. The molecule has 1 saturated carbocycles. The number of nitrogens with one attached hydrogen (secondary N) is 1. The highest BCUT2D eigenvalue weighted by atomic mass is 16.5. The average molecular weight is 398 g/mol. The zero-order valence-corrected chi connectivity index (χ0v) is 18.3. The van der Waals surface area contributed by atoms with Gasteiger partial charge in [0, 0.05) is 50.6 Å². The molecule has 2 amide bonds. The normalized spacial score (nSPS) is 27.5. The van der Waals surface area contributed by atoms with Crippen LogP contribution in [0, 0.1) is 11.3 Å². The number of rotatable bonds is 9. The summed E-state index contributed by atoms with van der Waals surface area (Å²) in [5.41, 5.74) is 5.26. The number of hydrogen-bond acceptors (Lipinski definition) is 5. The zero-order chi connectivity index (χ0) is 20.9. The highest BCUT2D eigenvalue weighted by Gasteiger charge is 2.63. The fraction of sp³-hybridized carbons (Fsp3) is 0.905. The minimum absolute atomic E-state index is 0.00172. The van der Waals surface area contributed by atoms with Gasteiger partial charge in [-0.15, -0.1) is 0 Å². The van der Waals surface area contributed by atoms with Gasteiger partial charge in [0.15, 0.2) is 0 Å². The quantitative estimate of drug-likeness (QED) is 0.578. The fourth-order valence-corrected chi connectivity index (χ4v) is 4.17. The van der Waals surface area contributed by atoms with Crippen molar-refractivity contribution >= 4 is 11.8 Å². The van der Waals surface area contributed by atoms with E-state index in [4.69, 9.17) is 15.2 Å². The van der Waals surface area contributed by atoms with E-state index < -0.39 is 5.54 Å². The monoisotopic (exact) mass is 397 g/mol. The molecule has 2 fully saturated rings. The molecule has 0 aromatic rings. The van der Waals surface area contributed by atoms with Crippen LogP contribution in [0.15, 0.2) is 0 Å². The minimum atomic E-state index is -0.877. The smallest absolute Gasteiger partial charge is 0.243 e. The molecule has 7 heteroatoms. The van der Waals surface area contributed by atoms with Gasteiger partial charge in [0.05, 0.1) is 12.2 Å². The molecule has 1 saturated heterocycles. The molecule has 1 heterocycles. The predicted octanol–water partition coefficient (Wildman–Crippen LogP) is 1.69. The van der Waals surface area contributed by atoms with Gasteiger partial charge in [-0.05, 0) is 40.0 Å². The lowest BCUT2D eigenvalue weighted by Crippen LogP contribution is -2.76. The van der Waals surface area contributed by atoms with Gasteiger partial charge in [0.25, 0.3) is 0 Å². The summed E-state index contributed by atoms with van der Waals surface area (Å²) in [6, 6.07) is 0. The second-order valence-corrected chi connectivity index (χ2v) is 8.97. The molecule has 3 N–H and O–H groups in total. The number of carbonyl (C=O) groups is 2. The van der Waals surface area contributed by atoms with Crippen LogP contribution in [0.2, 0.25) is 0 Å². The molecule has 0 radical (unpaired) electrons. The summed E-state index contributed by atoms with van der Waals surface area (Å²) in [5.74, 6) is 0.0482. The molecule has 1 aliphatic heterocycles. The fourth-order valence-electron chi connectivity index (χ4n) is 4.17. The van der Waals surface area contributed by atoms with Crippen molar-refractivity contribution in [3.05, 3.63) is 0 Å². The van der Waals surface area contributed by atoms with Gasteiger partial charge in [0.1, 0.15) is 5.54 Å². The van der Waals surface area contributed by atoms with Crippen LogP contribution in [0.1, 0.15) is 60.3 Å². The van der Waals surface area contributed by atoms with Gasteiger partial charge >= 0.3 is 0 Å².